The van der Waals surface area contributed by atoms with Crippen molar-refractivity contribution in [1.82, 2.24) is 0 Å². The molecule has 0 aliphatic carbocycles. The van der Waals surface area contributed by atoms with Crippen molar-refractivity contribution in [3.8, 4) is 0 Å². The van der Waals surface area contributed by atoms with Crippen LogP contribution in [0.5, 0.6) is 0 Å². The van der Waals surface area contributed by atoms with Gasteiger partial charge in [0.2, 0.25) is 0 Å². The van der Waals surface area contributed by atoms with Crippen LogP contribution in [0.3, 0.4) is 0 Å². The predicted molar refractivity (Wildman–Crippen MR) is 70.6 cm³/mol. The molecule has 0 amide bonds. The number of furan rings is 1. The van der Waals surface area contributed by atoms with Crippen LogP contribution in [0.4, 0.5) is 0 Å². The second-order valence-electron chi connectivity index (χ2n) is 3.77. The molecule has 2 N–H and O–H groups in total. The monoisotopic (exact) mass is 269 g/mol. The summed E-state index contributed by atoms with van der Waals surface area (Å²) in [4.78, 5) is 0. The van der Waals surface area contributed by atoms with Gasteiger partial charge in [-0.3, -0.25) is 0 Å². The Morgan fingerprint density at radius 3 is 2.35 bits per heavy atom. The molecule has 1 atom stereocenters. The molecule has 0 saturated carbocycles. The van der Waals surface area contributed by atoms with Gasteiger partial charge in [-0.15, -0.1) is 0 Å². The number of rotatable bonds is 3. The summed E-state index contributed by atoms with van der Waals surface area (Å²) in [5.41, 5.74) is 6.83. The summed E-state index contributed by atoms with van der Waals surface area (Å²) in [6.45, 7) is 2.02. The molecular formula is C13H13Cl2NO. The number of hydrogen-bond donors (Lipinski definition) is 1. The molecule has 0 saturated heterocycles. The zero-order valence-electron chi connectivity index (χ0n) is 9.41. The Balaban J connectivity index is 2.39. The third-order valence-corrected chi connectivity index (χ3v) is 3.31. The Morgan fingerprint density at radius 2 is 1.82 bits per heavy atom. The summed E-state index contributed by atoms with van der Waals surface area (Å²) in [7, 11) is 0. The first-order valence-electron chi connectivity index (χ1n) is 5.41. The quantitative estimate of drug-likeness (QED) is 0.907. The van der Waals surface area contributed by atoms with Crippen molar-refractivity contribution in [2.75, 3.05) is 0 Å². The van der Waals surface area contributed by atoms with Crippen molar-refractivity contribution in [1.29, 1.82) is 0 Å². The maximum atomic E-state index is 6.12. The minimum atomic E-state index is -0.434. The first-order valence-corrected chi connectivity index (χ1v) is 6.17. The van der Waals surface area contributed by atoms with Crippen molar-refractivity contribution in [3.63, 3.8) is 0 Å². The molecule has 2 nitrogen and oxygen atoms in total. The number of aryl methyl sites for hydroxylation is 1. The largest absolute Gasteiger partial charge is 0.464 e. The van der Waals surface area contributed by atoms with Crippen LogP contribution in [0.2, 0.25) is 10.0 Å². The van der Waals surface area contributed by atoms with Crippen LogP contribution in [-0.2, 0) is 6.42 Å². The van der Waals surface area contributed by atoms with Crippen LogP contribution in [0.15, 0.2) is 34.7 Å². The maximum absolute atomic E-state index is 6.12. The smallest absolute Gasteiger partial charge is 0.125 e. The lowest BCUT2D eigenvalue weighted by Crippen LogP contribution is -2.12. The fourth-order valence-corrected chi connectivity index (χ4v) is 2.33. The third-order valence-electron chi connectivity index (χ3n) is 2.65. The molecule has 0 spiro atoms. The molecule has 0 aliphatic heterocycles. The van der Waals surface area contributed by atoms with E-state index >= 15 is 0 Å². The number of benzene rings is 1. The van der Waals surface area contributed by atoms with E-state index < -0.39 is 6.04 Å². The van der Waals surface area contributed by atoms with Crippen LogP contribution in [-0.4, -0.2) is 0 Å². The fraction of sp³-hybridized carbons (Fsp3) is 0.231. The number of halogens is 2. The Bertz CT molecular complexity index is 502. The molecule has 1 heterocycles. The van der Waals surface area contributed by atoms with E-state index in [4.69, 9.17) is 33.4 Å². The molecule has 2 aromatic rings. The summed E-state index contributed by atoms with van der Waals surface area (Å²) in [6.07, 6.45) is 0.836. The van der Waals surface area contributed by atoms with E-state index in [1.165, 1.54) is 0 Å². The van der Waals surface area contributed by atoms with Crippen molar-refractivity contribution in [3.05, 3.63) is 57.5 Å². The lowest BCUT2D eigenvalue weighted by Gasteiger charge is -2.13. The van der Waals surface area contributed by atoms with Gasteiger partial charge in [0.15, 0.2) is 0 Å². The van der Waals surface area contributed by atoms with E-state index in [-0.39, 0.29) is 0 Å². The van der Waals surface area contributed by atoms with Crippen molar-refractivity contribution in [2.24, 2.45) is 5.73 Å². The molecule has 1 aromatic carbocycles. The molecular weight excluding hydrogens is 257 g/mol. The average Bonchev–Trinajstić information content (AvgIpc) is 2.77. The van der Waals surface area contributed by atoms with Gasteiger partial charge in [0.25, 0.3) is 0 Å². The van der Waals surface area contributed by atoms with E-state index in [0.29, 0.717) is 21.4 Å². The maximum Gasteiger partial charge on any atom is 0.125 e. The minimum absolute atomic E-state index is 0.434. The van der Waals surface area contributed by atoms with Gasteiger partial charge in [-0.25, -0.2) is 0 Å². The van der Waals surface area contributed by atoms with Gasteiger partial charge < -0.3 is 10.2 Å². The van der Waals surface area contributed by atoms with Gasteiger partial charge in [0.1, 0.15) is 11.5 Å². The average molecular weight is 270 g/mol. The van der Waals surface area contributed by atoms with Crippen LogP contribution in [0.1, 0.15) is 30.0 Å². The van der Waals surface area contributed by atoms with Crippen molar-refractivity contribution >= 4 is 23.2 Å². The third kappa shape index (κ3) is 2.49. The molecule has 1 unspecified atom stereocenters. The lowest BCUT2D eigenvalue weighted by atomic mass is 10.1. The highest BCUT2D eigenvalue weighted by Gasteiger charge is 2.18. The molecule has 90 valence electrons. The van der Waals surface area contributed by atoms with Crippen molar-refractivity contribution < 1.29 is 4.42 Å². The van der Waals surface area contributed by atoms with Crippen LogP contribution < -0.4 is 5.73 Å². The Morgan fingerprint density at radius 1 is 1.18 bits per heavy atom. The highest BCUT2D eigenvalue weighted by molar-refractivity contribution is 6.36. The molecule has 2 rings (SSSR count). The Kier molecular flexibility index (Phi) is 3.77. The number of hydrogen-bond acceptors (Lipinski definition) is 2. The van der Waals surface area contributed by atoms with Gasteiger partial charge in [-0.2, -0.15) is 0 Å². The lowest BCUT2D eigenvalue weighted by molar-refractivity contribution is 0.454. The van der Waals surface area contributed by atoms with Crippen LogP contribution >= 0.6 is 23.2 Å². The highest BCUT2D eigenvalue weighted by atomic mass is 35.5. The van der Waals surface area contributed by atoms with Gasteiger partial charge in [-0.1, -0.05) is 36.2 Å². The van der Waals surface area contributed by atoms with E-state index in [2.05, 4.69) is 0 Å². The molecule has 4 heteroatoms. The summed E-state index contributed by atoms with van der Waals surface area (Å²) < 4.78 is 5.62. The van der Waals surface area contributed by atoms with Crippen molar-refractivity contribution in [2.45, 2.75) is 19.4 Å². The summed E-state index contributed by atoms with van der Waals surface area (Å²) >= 11 is 12.2. The SMILES string of the molecule is CCc1ccc(C(N)c2c(Cl)cccc2Cl)o1. The highest BCUT2D eigenvalue weighted by Crippen LogP contribution is 2.33. The standard InChI is InChI=1S/C13H13Cl2NO/c1-2-8-6-7-11(17-8)13(16)12-9(14)4-3-5-10(12)15/h3-7,13H,2,16H2,1H3. The minimum Gasteiger partial charge on any atom is -0.464 e. The summed E-state index contributed by atoms with van der Waals surface area (Å²) in [5, 5.41) is 1.11. The molecule has 0 fully saturated rings. The molecule has 1 aromatic heterocycles. The molecule has 17 heavy (non-hydrogen) atoms. The molecule has 0 bridgehead atoms. The van der Waals surface area contributed by atoms with Crippen LogP contribution in [0, 0.1) is 0 Å². The van der Waals surface area contributed by atoms with Crippen LogP contribution in [0.25, 0.3) is 0 Å². The first-order chi connectivity index (χ1) is 8.13. The summed E-state index contributed by atoms with van der Waals surface area (Å²) in [5.74, 6) is 1.58. The Hall–Kier alpha value is -0.960. The molecule has 0 aliphatic rings. The topological polar surface area (TPSA) is 39.2 Å². The second-order valence-corrected chi connectivity index (χ2v) is 4.59. The van der Waals surface area contributed by atoms with E-state index in [0.717, 1.165) is 12.2 Å². The zero-order chi connectivity index (χ0) is 12.4. The first kappa shape index (κ1) is 12.5. The van der Waals surface area contributed by atoms with Gasteiger partial charge in [0, 0.05) is 22.0 Å². The van der Waals surface area contributed by atoms with Gasteiger partial charge in [0.05, 0.1) is 6.04 Å². The predicted octanol–water partition coefficient (Wildman–Crippen LogP) is 4.20. The fourth-order valence-electron chi connectivity index (χ4n) is 1.70. The number of nitrogens with two attached hydrogens (primary N) is 1. The zero-order valence-corrected chi connectivity index (χ0v) is 10.9. The van der Waals surface area contributed by atoms with Gasteiger partial charge >= 0.3 is 0 Å². The van der Waals surface area contributed by atoms with E-state index in [1.807, 2.05) is 19.1 Å². The summed E-state index contributed by atoms with van der Waals surface area (Å²) in [6, 6.07) is 8.68. The van der Waals surface area contributed by atoms with E-state index in [9.17, 15) is 0 Å². The Labute approximate surface area is 110 Å². The normalized spacial score (nSPS) is 12.7. The van der Waals surface area contributed by atoms with E-state index in [1.54, 1.807) is 18.2 Å². The molecule has 0 radical (unpaired) electrons. The van der Waals surface area contributed by atoms with Gasteiger partial charge in [-0.05, 0) is 24.3 Å². The second kappa shape index (κ2) is 5.13.